The molecule has 6 heteroatoms. The van der Waals surface area contributed by atoms with Gasteiger partial charge in [0.25, 0.3) is 0 Å². The standard InChI is InChI=1S/C19H18N4O.C8H18.C4H6O.C2H6/c1-14(24)3-6-17-12-21-19(22-15(17)2)11-16-4-7-18(8-5-16)23-10-9-20-13-23;1-4-7-8(5-2)6-3;1-3-4(2)5;1-2/h3-10,12-13H,11H2,1-2H3;8H,4-7H2,1-3H3;3H,1H2,2H3;1-2H3/b6-3-;;;. The van der Waals surface area contributed by atoms with E-state index in [4.69, 9.17) is 0 Å². The molecule has 0 saturated carbocycles. The van der Waals surface area contributed by atoms with Crippen molar-refractivity contribution in [1.29, 1.82) is 0 Å². The van der Waals surface area contributed by atoms with Crippen LogP contribution in [-0.4, -0.2) is 31.1 Å². The molecule has 0 spiro atoms. The van der Waals surface area contributed by atoms with Crippen LogP contribution in [0, 0.1) is 12.8 Å². The van der Waals surface area contributed by atoms with Crippen LogP contribution in [0.25, 0.3) is 11.8 Å². The van der Waals surface area contributed by atoms with E-state index in [0.29, 0.717) is 6.42 Å². The molecule has 2 heterocycles. The third-order valence-corrected chi connectivity index (χ3v) is 5.80. The zero-order valence-corrected chi connectivity index (χ0v) is 25.3. The summed E-state index contributed by atoms with van der Waals surface area (Å²) in [5, 5.41) is 0. The number of aromatic nitrogens is 4. The Morgan fingerprint density at radius 1 is 1.03 bits per heavy atom. The first kappa shape index (κ1) is 35.3. The molecule has 0 radical (unpaired) electrons. The van der Waals surface area contributed by atoms with Gasteiger partial charge in [0, 0.05) is 42.0 Å². The van der Waals surface area contributed by atoms with Gasteiger partial charge in [0.05, 0.1) is 6.33 Å². The molecule has 1 aromatic carbocycles. The highest BCUT2D eigenvalue weighted by molar-refractivity contribution is 5.91. The Balaban J connectivity index is 0.000000799. The van der Waals surface area contributed by atoms with Crippen LogP contribution in [0.1, 0.15) is 96.8 Å². The number of imidazole rings is 1. The molecule has 212 valence electrons. The van der Waals surface area contributed by atoms with E-state index in [2.05, 4.69) is 54.4 Å². The van der Waals surface area contributed by atoms with Crippen LogP contribution in [0.5, 0.6) is 0 Å². The number of carbonyl (C=O) groups excluding carboxylic acids is 2. The molecule has 0 atom stereocenters. The Kier molecular flexibility index (Phi) is 19.3. The maximum atomic E-state index is 11.0. The number of hydrogen-bond donors (Lipinski definition) is 0. The van der Waals surface area contributed by atoms with Crippen molar-refractivity contribution < 1.29 is 9.59 Å². The monoisotopic (exact) mass is 532 g/mol. The first-order chi connectivity index (χ1) is 18.7. The minimum absolute atomic E-state index is 0.0106. The fourth-order valence-corrected chi connectivity index (χ4v) is 3.47. The Morgan fingerprint density at radius 2 is 1.64 bits per heavy atom. The SMILES string of the molecule is C=CC(C)=O.CC.CC(=O)/C=C\c1cnc(Cc2ccc(-n3ccnc3)cc2)nc1C.CCCC(CC)CC. The molecule has 3 aromatic rings. The summed E-state index contributed by atoms with van der Waals surface area (Å²) in [5.41, 5.74) is 3.94. The van der Waals surface area contributed by atoms with E-state index >= 15 is 0 Å². The third kappa shape index (κ3) is 15.4. The van der Waals surface area contributed by atoms with Gasteiger partial charge in [-0.1, -0.05) is 79.0 Å². The molecule has 0 aliphatic rings. The van der Waals surface area contributed by atoms with Gasteiger partial charge >= 0.3 is 0 Å². The minimum Gasteiger partial charge on any atom is -0.306 e. The Hall–Kier alpha value is -3.67. The Morgan fingerprint density at radius 3 is 2.05 bits per heavy atom. The quantitative estimate of drug-likeness (QED) is 0.246. The number of aryl methyl sites for hydroxylation is 1. The summed E-state index contributed by atoms with van der Waals surface area (Å²) in [5.74, 6) is 1.80. The predicted molar refractivity (Wildman–Crippen MR) is 164 cm³/mol. The molecular formula is C33H48N4O2. The first-order valence-corrected chi connectivity index (χ1v) is 13.9. The van der Waals surface area contributed by atoms with E-state index in [1.54, 1.807) is 24.8 Å². The lowest BCUT2D eigenvalue weighted by atomic mass is 9.98. The van der Waals surface area contributed by atoms with Crippen LogP contribution in [0.2, 0.25) is 0 Å². The lowest BCUT2D eigenvalue weighted by Crippen LogP contribution is -2.00. The molecule has 0 aliphatic heterocycles. The van der Waals surface area contributed by atoms with Gasteiger partial charge in [-0.2, -0.15) is 0 Å². The van der Waals surface area contributed by atoms with Crippen molar-refractivity contribution in [1.82, 2.24) is 19.5 Å². The van der Waals surface area contributed by atoms with Gasteiger partial charge < -0.3 is 4.57 Å². The van der Waals surface area contributed by atoms with Gasteiger partial charge in [-0.3, -0.25) is 9.59 Å². The highest BCUT2D eigenvalue weighted by Crippen LogP contribution is 2.14. The maximum absolute atomic E-state index is 11.0. The van der Waals surface area contributed by atoms with Crippen LogP contribution in [-0.2, 0) is 16.0 Å². The van der Waals surface area contributed by atoms with Gasteiger partial charge in [0.1, 0.15) is 5.82 Å². The maximum Gasteiger partial charge on any atom is 0.152 e. The normalized spacial score (nSPS) is 9.97. The molecule has 3 rings (SSSR count). The van der Waals surface area contributed by atoms with E-state index in [0.717, 1.165) is 34.3 Å². The summed E-state index contributed by atoms with van der Waals surface area (Å²) in [7, 11) is 0. The van der Waals surface area contributed by atoms with Crippen molar-refractivity contribution in [2.75, 3.05) is 0 Å². The topological polar surface area (TPSA) is 77.7 Å². The summed E-state index contributed by atoms with van der Waals surface area (Å²) in [6, 6.07) is 8.23. The fraction of sp³-hybridized carbons (Fsp3) is 0.424. The molecule has 6 nitrogen and oxygen atoms in total. The molecule has 0 amide bonds. The van der Waals surface area contributed by atoms with Crippen LogP contribution in [0.3, 0.4) is 0 Å². The summed E-state index contributed by atoms with van der Waals surface area (Å²) < 4.78 is 1.96. The second-order valence-corrected chi connectivity index (χ2v) is 8.87. The van der Waals surface area contributed by atoms with Crippen molar-refractivity contribution in [3.05, 3.63) is 90.6 Å². The average molecular weight is 533 g/mol. The number of allylic oxidation sites excluding steroid dienone is 2. The largest absolute Gasteiger partial charge is 0.306 e. The first-order valence-electron chi connectivity index (χ1n) is 13.9. The van der Waals surface area contributed by atoms with Crippen LogP contribution in [0.4, 0.5) is 0 Å². The number of rotatable bonds is 10. The molecular weight excluding hydrogens is 484 g/mol. The molecule has 39 heavy (non-hydrogen) atoms. The molecule has 0 unspecified atom stereocenters. The lowest BCUT2D eigenvalue weighted by Gasteiger charge is -2.08. The summed E-state index contributed by atoms with van der Waals surface area (Å²) in [6.07, 6.45) is 17.9. The van der Waals surface area contributed by atoms with Crippen molar-refractivity contribution >= 4 is 17.6 Å². The lowest BCUT2D eigenvalue weighted by molar-refractivity contribution is -0.113. The average Bonchev–Trinajstić information content (AvgIpc) is 3.48. The molecule has 0 saturated heterocycles. The smallest absolute Gasteiger partial charge is 0.152 e. The van der Waals surface area contributed by atoms with Gasteiger partial charge in [-0.05, 0) is 62.6 Å². The Labute approximate surface area is 236 Å². The number of ketones is 2. The van der Waals surface area contributed by atoms with Crippen molar-refractivity contribution in [3.8, 4) is 5.69 Å². The molecule has 0 aliphatic carbocycles. The molecule has 0 fully saturated rings. The van der Waals surface area contributed by atoms with E-state index in [-0.39, 0.29) is 11.6 Å². The second kappa shape index (κ2) is 21.3. The number of benzene rings is 1. The van der Waals surface area contributed by atoms with E-state index < -0.39 is 0 Å². The van der Waals surface area contributed by atoms with Gasteiger partial charge in [-0.25, -0.2) is 15.0 Å². The molecule has 0 N–H and O–H groups in total. The molecule has 0 bridgehead atoms. The second-order valence-electron chi connectivity index (χ2n) is 8.87. The highest BCUT2D eigenvalue weighted by Gasteiger charge is 2.04. The van der Waals surface area contributed by atoms with E-state index in [1.165, 1.54) is 51.7 Å². The number of hydrogen-bond acceptors (Lipinski definition) is 5. The van der Waals surface area contributed by atoms with Crippen LogP contribution >= 0.6 is 0 Å². The number of nitrogens with zero attached hydrogens (tertiary/aromatic N) is 4. The highest BCUT2D eigenvalue weighted by atomic mass is 16.1. The minimum atomic E-state index is 0.0106. The van der Waals surface area contributed by atoms with E-state index in [1.807, 2.05) is 43.7 Å². The predicted octanol–water partition coefficient (Wildman–Crippen LogP) is 8.17. The van der Waals surface area contributed by atoms with Crippen molar-refractivity contribution in [3.63, 3.8) is 0 Å². The molecule has 2 aromatic heterocycles. The van der Waals surface area contributed by atoms with Crippen molar-refractivity contribution in [2.45, 2.75) is 87.5 Å². The zero-order chi connectivity index (χ0) is 29.6. The summed E-state index contributed by atoms with van der Waals surface area (Å²) >= 11 is 0. The third-order valence-electron chi connectivity index (χ3n) is 5.80. The Bertz CT molecular complexity index is 1110. The van der Waals surface area contributed by atoms with Gasteiger partial charge in [0.15, 0.2) is 11.6 Å². The van der Waals surface area contributed by atoms with Crippen molar-refractivity contribution in [2.24, 2.45) is 5.92 Å². The van der Waals surface area contributed by atoms with Crippen LogP contribution in [0.15, 0.2) is 67.9 Å². The van der Waals surface area contributed by atoms with Crippen LogP contribution < -0.4 is 0 Å². The fourth-order valence-electron chi connectivity index (χ4n) is 3.47. The van der Waals surface area contributed by atoms with E-state index in [9.17, 15) is 9.59 Å². The summed E-state index contributed by atoms with van der Waals surface area (Å²) in [4.78, 5) is 33.7. The summed E-state index contributed by atoms with van der Waals surface area (Å²) in [6.45, 7) is 18.9. The zero-order valence-electron chi connectivity index (χ0n) is 25.3. The van der Waals surface area contributed by atoms with Gasteiger partial charge in [-0.15, -0.1) is 0 Å². The van der Waals surface area contributed by atoms with Gasteiger partial charge in [0.2, 0.25) is 0 Å². The number of carbonyl (C=O) groups is 2.